The van der Waals surface area contributed by atoms with Gasteiger partial charge < -0.3 is 24.0 Å². The molecule has 0 N–H and O–H groups in total. The number of hydrogen-bond donors (Lipinski definition) is 0. The van der Waals surface area contributed by atoms with Crippen molar-refractivity contribution in [3.05, 3.63) is 22.8 Å². The van der Waals surface area contributed by atoms with E-state index in [1.807, 2.05) is 40.9 Å². The molecule has 0 aromatic heterocycles. The molecule has 0 atom stereocenters. The average molecular weight is 350 g/mol. The van der Waals surface area contributed by atoms with Gasteiger partial charge in [-0.15, -0.1) is 0 Å². The molecule has 6 nitrogen and oxygen atoms in total. The Bertz CT molecular complexity index is 635. The summed E-state index contributed by atoms with van der Waals surface area (Å²) < 4.78 is 16.8. The summed E-state index contributed by atoms with van der Waals surface area (Å²) in [4.78, 5) is 16.2. The lowest BCUT2D eigenvalue weighted by Crippen LogP contribution is -2.40. The summed E-state index contributed by atoms with van der Waals surface area (Å²) in [5.74, 6) is 1.69. The van der Waals surface area contributed by atoms with Crippen LogP contribution in [0.2, 0.25) is 0 Å². The van der Waals surface area contributed by atoms with Gasteiger partial charge in [-0.25, -0.2) is 4.79 Å². The first-order chi connectivity index (χ1) is 11.7. The van der Waals surface area contributed by atoms with E-state index >= 15 is 0 Å². The van der Waals surface area contributed by atoms with Crippen LogP contribution < -0.4 is 9.47 Å². The van der Waals surface area contributed by atoms with Crippen LogP contribution in [-0.2, 0) is 24.2 Å². The molecule has 0 unspecified atom stereocenters. The van der Waals surface area contributed by atoms with Gasteiger partial charge in [-0.1, -0.05) is 0 Å². The van der Waals surface area contributed by atoms with Crippen molar-refractivity contribution in [1.82, 2.24) is 9.80 Å². The molecule has 0 radical (unpaired) electrons. The topological polar surface area (TPSA) is 51.2 Å². The molecule has 1 aromatic carbocycles. The van der Waals surface area contributed by atoms with Gasteiger partial charge in [0.15, 0.2) is 0 Å². The van der Waals surface area contributed by atoms with Crippen molar-refractivity contribution in [2.75, 3.05) is 34.9 Å². The van der Waals surface area contributed by atoms with Crippen LogP contribution in [0.4, 0.5) is 4.79 Å². The molecule has 2 rings (SSSR count). The van der Waals surface area contributed by atoms with Crippen molar-refractivity contribution in [1.29, 1.82) is 0 Å². The number of amides is 1. The highest BCUT2D eigenvalue weighted by Gasteiger charge is 2.30. The molecule has 0 aliphatic carbocycles. The van der Waals surface area contributed by atoms with Crippen molar-refractivity contribution in [3.63, 3.8) is 0 Å². The van der Waals surface area contributed by atoms with Gasteiger partial charge in [-0.2, -0.15) is 0 Å². The average Bonchev–Trinajstić information content (AvgIpc) is 2.51. The molecule has 0 spiro atoms. The number of hydrogen-bond acceptors (Lipinski definition) is 5. The van der Waals surface area contributed by atoms with E-state index in [0.29, 0.717) is 13.1 Å². The Morgan fingerprint density at radius 2 is 1.88 bits per heavy atom. The van der Waals surface area contributed by atoms with E-state index in [2.05, 4.69) is 4.90 Å². The first kappa shape index (κ1) is 19.4. The van der Waals surface area contributed by atoms with Gasteiger partial charge in [0.25, 0.3) is 0 Å². The molecule has 25 heavy (non-hydrogen) atoms. The van der Waals surface area contributed by atoms with Crippen LogP contribution in [0, 0.1) is 0 Å². The second-order valence-corrected chi connectivity index (χ2v) is 7.62. The standard InChI is InChI=1S/C19H30N2O4/c1-19(2,3)25-18(22)21-9-8-14-15(12-21)16(23-6)10-13(11-20(4)5)17(14)24-7/h10H,8-9,11-12H2,1-7H3. The number of benzene rings is 1. The molecule has 1 aliphatic rings. The second kappa shape index (κ2) is 7.52. The predicted octanol–water partition coefficient (Wildman–Crippen LogP) is 3.06. The van der Waals surface area contributed by atoms with Gasteiger partial charge in [-0.3, -0.25) is 0 Å². The number of nitrogens with zero attached hydrogens (tertiary/aromatic N) is 2. The Hall–Kier alpha value is -1.95. The first-order valence-electron chi connectivity index (χ1n) is 8.54. The van der Waals surface area contributed by atoms with Crippen molar-refractivity contribution < 1.29 is 19.0 Å². The molecule has 1 heterocycles. The zero-order chi connectivity index (χ0) is 18.8. The summed E-state index contributed by atoms with van der Waals surface area (Å²) >= 11 is 0. The fourth-order valence-electron chi connectivity index (χ4n) is 3.12. The third-order valence-electron chi connectivity index (χ3n) is 4.08. The van der Waals surface area contributed by atoms with Crippen molar-refractivity contribution in [3.8, 4) is 11.5 Å². The molecule has 0 bridgehead atoms. The fourth-order valence-corrected chi connectivity index (χ4v) is 3.12. The van der Waals surface area contributed by atoms with Gasteiger partial charge in [0.05, 0.1) is 20.8 Å². The van der Waals surface area contributed by atoms with Crippen LogP contribution in [0.5, 0.6) is 11.5 Å². The highest BCUT2D eigenvalue weighted by atomic mass is 16.6. The number of rotatable bonds is 4. The predicted molar refractivity (Wildman–Crippen MR) is 97.3 cm³/mol. The molecule has 1 aliphatic heterocycles. The maximum atomic E-state index is 12.4. The Labute approximate surface area is 150 Å². The van der Waals surface area contributed by atoms with E-state index < -0.39 is 5.60 Å². The number of carbonyl (C=O) groups excluding carboxylic acids is 1. The fraction of sp³-hybridized carbons (Fsp3) is 0.632. The van der Waals surface area contributed by atoms with Gasteiger partial charge >= 0.3 is 6.09 Å². The smallest absolute Gasteiger partial charge is 0.410 e. The van der Waals surface area contributed by atoms with Crippen molar-refractivity contribution in [2.24, 2.45) is 0 Å². The summed E-state index contributed by atoms with van der Waals surface area (Å²) in [7, 11) is 7.40. The van der Waals surface area contributed by atoms with E-state index in [-0.39, 0.29) is 6.09 Å². The minimum Gasteiger partial charge on any atom is -0.496 e. The van der Waals surface area contributed by atoms with Crippen LogP contribution in [0.15, 0.2) is 6.07 Å². The summed E-state index contributed by atoms with van der Waals surface area (Å²) in [6.45, 7) is 7.46. The highest BCUT2D eigenvalue weighted by molar-refractivity contribution is 5.69. The lowest BCUT2D eigenvalue weighted by Gasteiger charge is -2.33. The van der Waals surface area contributed by atoms with E-state index in [1.165, 1.54) is 0 Å². The Balaban J connectivity index is 2.36. The third kappa shape index (κ3) is 4.57. The van der Waals surface area contributed by atoms with Gasteiger partial charge in [0.2, 0.25) is 0 Å². The number of fused-ring (bicyclic) bond motifs is 1. The largest absolute Gasteiger partial charge is 0.496 e. The van der Waals surface area contributed by atoms with Crippen LogP contribution in [-0.4, -0.2) is 56.4 Å². The summed E-state index contributed by atoms with van der Waals surface area (Å²) in [5, 5.41) is 0. The molecular formula is C19H30N2O4. The Morgan fingerprint density at radius 3 is 2.40 bits per heavy atom. The highest BCUT2D eigenvalue weighted by Crippen LogP contribution is 2.38. The van der Waals surface area contributed by atoms with E-state index in [4.69, 9.17) is 14.2 Å². The normalized spacial score (nSPS) is 14.3. The lowest BCUT2D eigenvalue weighted by molar-refractivity contribution is 0.0221. The Morgan fingerprint density at radius 1 is 1.20 bits per heavy atom. The zero-order valence-electron chi connectivity index (χ0n) is 16.4. The lowest BCUT2D eigenvalue weighted by atomic mass is 9.94. The van der Waals surface area contributed by atoms with Crippen LogP contribution in [0.1, 0.15) is 37.5 Å². The second-order valence-electron chi connectivity index (χ2n) is 7.62. The SMILES string of the molecule is COc1cc(CN(C)C)c(OC)c2c1CN(C(=O)OC(C)(C)C)CC2. The minimum atomic E-state index is -0.505. The number of ether oxygens (including phenoxy) is 3. The summed E-state index contributed by atoms with van der Waals surface area (Å²) in [6.07, 6.45) is 0.423. The monoisotopic (exact) mass is 350 g/mol. The Kier molecular flexibility index (Phi) is 5.83. The molecule has 140 valence electrons. The molecule has 6 heteroatoms. The van der Waals surface area contributed by atoms with Gasteiger partial charge in [0, 0.05) is 29.8 Å². The van der Waals surface area contributed by atoms with Crippen molar-refractivity contribution >= 4 is 6.09 Å². The maximum absolute atomic E-state index is 12.4. The third-order valence-corrected chi connectivity index (χ3v) is 4.08. The minimum absolute atomic E-state index is 0.295. The van der Waals surface area contributed by atoms with E-state index in [1.54, 1.807) is 19.1 Å². The molecular weight excluding hydrogens is 320 g/mol. The molecule has 0 saturated heterocycles. The van der Waals surface area contributed by atoms with Gasteiger partial charge in [-0.05, 0) is 47.4 Å². The quantitative estimate of drug-likeness (QED) is 0.835. The zero-order valence-corrected chi connectivity index (χ0v) is 16.4. The number of carbonyl (C=O) groups is 1. The van der Waals surface area contributed by atoms with Crippen LogP contribution in [0.3, 0.4) is 0 Å². The van der Waals surface area contributed by atoms with E-state index in [0.717, 1.165) is 41.2 Å². The van der Waals surface area contributed by atoms with Crippen LogP contribution >= 0.6 is 0 Å². The number of methoxy groups -OCH3 is 2. The maximum Gasteiger partial charge on any atom is 0.410 e. The van der Waals surface area contributed by atoms with Crippen LogP contribution in [0.25, 0.3) is 0 Å². The summed E-state index contributed by atoms with van der Waals surface area (Å²) in [6, 6.07) is 2.01. The van der Waals surface area contributed by atoms with Gasteiger partial charge in [0.1, 0.15) is 17.1 Å². The molecule has 1 amide bonds. The molecule has 0 fully saturated rings. The first-order valence-corrected chi connectivity index (χ1v) is 8.54. The van der Waals surface area contributed by atoms with Crippen molar-refractivity contribution in [2.45, 2.75) is 45.9 Å². The molecule has 0 saturated carbocycles. The van der Waals surface area contributed by atoms with E-state index in [9.17, 15) is 4.79 Å². The molecule has 1 aromatic rings. The summed E-state index contributed by atoms with van der Waals surface area (Å²) in [5.41, 5.74) is 2.71.